The summed E-state index contributed by atoms with van der Waals surface area (Å²) in [5, 5.41) is 7.34. The van der Waals surface area contributed by atoms with E-state index in [-0.39, 0.29) is 18.3 Å². The van der Waals surface area contributed by atoms with E-state index in [0.29, 0.717) is 23.0 Å². The lowest BCUT2D eigenvalue weighted by Crippen LogP contribution is -2.13. The second-order valence-electron chi connectivity index (χ2n) is 4.30. The van der Waals surface area contributed by atoms with E-state index in [4.69, 9.17) is 4.74 Å². The van der Waals surface area contributed by atoms with Gasteiger partial charge in [0.05, 0.1) is 18.2 Å². The normalized spacial score (nSPS) is 10.4. The van der Waals surface area contributed by atoms with Crippen LogP contribution in [0.25, 0.3) is 0 Å². The Morgan fingerprint density at radius 3 is 2.95 bits per heavy atom. The molecule has 2 heterocycles. The van der Waals surface area contributed by atoms with Gasteiger partial charge in [-0.25, -0.2) is 9.78 Å². The third kappa shape index (κ3) is 4.12. The van der Waals surface area contributed by atoms with Crippen molar-refractivity contribution in [2.45, 2.75) is 26.8 Å². The van der Waals surface area contributed by atoms with Crippen LogP contribution in [0, 0.1) is 6.92 Å². The Hall–Kier alpha value is -2.22. The minimum Gasteiger partial charge on any atom is -0.462 e. The van der Waals surface area contributed by atoms with Crippen LogP contribution in [0.1, 0.15) is 28.6 Å². The van der Waals surface area contributed by atoms with Gasteiger partial charge in [-0.3, -0.25) is 9.48 Å². The molecule has 7 nitrogen and oxygen atoms in total. The van der Waals surface area contributed by atoms with Crippen LogP contribution in [0.5, 0.6) is 0 Å². The van der Waals surface area contributed by atoms with Crippen molar-refractivity contribution in [2.75, 3.05) is 11.9 Å². The topological polar surface area (TPSA) is 86.1 Å². The van der Waals surface area contributed by atoms with Gasteiger partial charge in [0.1, 0.15) is 17.5 Å². The number of hydrogen-bond acceptors (Lipinski definition) is 6. The highest BCUT2D eigenvalue weighted by atomic mass is 32.1. The number of nitrogens with zero attached hydrogens (tertiary/aromatic N) is 3. The number of hydrogen-bond donors (Lipinski definition) is 1. The van der Waals surface area contributed by atoms with E-state index in [1.807, 2.05) is 6.92 Å². The molecule has 0 atom stereocenters. The fourth-order valence-corrected chi connectivity index (χ4v) is 2.69. The van der Waals surface area contributed by atoms with Gasteiger partial charge in [-0.05, 0) is 25.5 Å². The van der Waals surface area contributed by atoms with E-state index in [9.17, 15) is 9.59 Å². The molecule has 0 bridgehead atoms. The number of nitrogens with one attached hydrogen (secondary N) is 1. The van der Waals surface area contributed by atoms with E-state index < -0.39 is 0 Å². The molecule has 2 aromatic rings. The number of esters is 1. The molecule has 0 unspecified atom stereocenters. The first kappa shape index (κ1) is 15.2. The summed E-state index contributed by atoms with van der Waals surface area (Å²) in [6.07, 6.45) is 3.27. The quantitative estimate of drug-likeness (QED) is 0.823. The third-order valence-electron chi connectivity index (χ3n) is 2.68. The van der Waals surface area contributed by atoms with E-state index >= 15 is 0 Å². The second-order valence-corrected chi connectivity index (χ2v) is 5.35. The first-order valence-corrected chi connectivity index (χ1v) is 7.31. The van der Waals surface area contributed by atoms with Crippen LogP contribution in [0.2, 0.25) is 0 Å². The van der Waals surface area contributed by atoms with E-state index in [0.717, 1.165) is 5.56 Å². The summed E-state index contributed by atoms with van der Waals surface area (Å²) in [5.41, 5.74) is 0.796. The Kier molecular flexibility index (Phi) is 5.04. The minimum absolute atomic E-state index is 0.137. The Morgan fingerprint density at radius 1 is 1.48 bits per heavy atom. The molecule has 21 heavy (non-hydrogen) atoms. The summed E-state index contributed by atoms with van der Waals surface area (Å²) < 4.78 is 6.55. The maximum atomic E-state index is 11.8. The number of anilines is 1. The maximum absolute atomic E-state index is 11.8. The number of aromatic nitrogens is 3. The first-order valence-electron chi connectivity index (χ1n) is 6.50. The van der Waals surface area contributed by atoms with Crippen LogP contribution in [0.4, 0.5) is 5.00 Å². The smallest absolute Gasteiger partial charge is 0.348 e. The Morgan fingerprint density at radius 2 is 2.29 bits per heavy atom. The largest absolute Gasteiger partial charge is 0.462 e. The van der Waals surface area contributed by atoms with Gasteiger partial charge in [0.15, 0.2) is 0 Å². The number of thiophene rings is 1. The molecule has 0 spiro atoms. The van der Waals surface area contributed by atoms with Gasteiger partial charge in [0.2, 0.25) is 5.91 Å². The predicted octanol–water partition coefficient (Wildman–Crippen LogP) is 1.85. The highest BCUT2D eigenvalue weighted by Crippen LogP contribution is 2.27. The molecular formula is C13H16N4O3S. The van der Waals surface area contributed by atoms with Crippen molar-refractivity contribution in [2.24, 2.45) is 0 Å². The van der Waals surface area contributed by atoms with Gasteiger partial charge in [0.25, 0.3) is 0 Å². The molecule has 1 amide bonds. The number of carbonyl (C=O) groups is 2. The van der Waals surface area contributed by atoms with Gasteiger partial charge in [-0.2, -0.15) is 5.10 Å². The molecule has 0 fully saturated rings. The molecule has 0 aromatic carbocycles. The molecule has 0 saturated heterocycles. The highest BCUT2D eigenvalue weighted by Gasteiger charge is 2.15. The lowest BCUT2D eigenvalue weighted by molar-refractivity contribution is -0.116. The van der Waals surface area contributed by atoms with Gasteiger partial charge < -0.3 is 10.1 Å². The highest BCUT2D eigenvalue weighted by molar-refractivity contribution is 7.18. The van der Waals surface area contributed by atoms with Crippen LogP contribution in [0.3, 0.4) is 0 Å². The second kappa shape index (κ2) is 6.98. The predicted molar refractivity (Wildman–Crippen MR) is 78.3 cm³/mol. The van der Waals surface area contributed by atoms with E-state index in [1.54, 1.807) is 24.0 Å². The summed E-state index contributed by atoms with van der Waals surface area (Å²) in [5.74, 6) is -0.495. The zero-order valence-corrected chi connectivity index (χ0v) is 12.6. The molecule has 1 N–H and O–H groups in total. The molecule has 8 heteroatoms. The van der Waals surface area contributed by atoms with Crippen molar-refractivity contribution in [1.29, 1.82) is 0 Å². The molecule has 0 aliphatic carbocycles. The number of aryl methyl sites for hydroxylation is 2. The van der Waals surface area contributed by atoms with Crippen LogP contribution >= 0.6 is 11.3 Å². The zero-order chi connectivity index (χ0) is 15.2. The zero-order valence-electron chi connectivity index (χ0n) is 11.8. The van der Waals surface area contributed by atoms with Crippen LogP contribution < -0.4 is 5.32 Å². The summed E-state index contributed by atoms with van der Waals surface area (Å²) in [4.78, 5) is 27.9. The fourth-order valence-electron chi connectivity index (χ4n) is 1.71. The monoisotopic (exact) mass is 308 g/mol. The van der Waals surface area contributed by atoms with Crippen molar-refractivity contribution in [3.8, 4) is 0 Å². The van der Waals surface area contributed by atoms with Crippen LogP contribution in [0.15, 0.2) is 18.7 Å². The Bertz CT molecular complexity index is 621. The molecule has 0 aliphatic heterocycles. The van der Waals surface area contributed by atoms with Crippen LogP contribution in [-0.4, -0.2) is 33.2 Å². The average Bonchev–Trinajstić information content (AvgIpc) is 3.06. The lowest BCUT2D eigenvalue weighted by atomic mass is 10.3. The number of amides is 1. The first-order chi connectivity index (χ1) is 10.1. The van der Waals surface area contributed by atoms with Gasteiger partial charge in [0, 0.05) is 6.42 Å². The third-order valence-corrected chi connectivity index (χ3v) is 3.81. The molecule has 112 valence electrons. The molecule has 0 radical (unpaired) electrons. The van der Waals surface area contributed by atoms with E-state index in [2.05, 4.69) is 15.4 Å². The fraction of sp³-hybridized carbons (Fsp3) is 0.385. The van der Waals surface area contributed by atoms with E-state index in [1.165, 1.54) is 17.7 Å². The lowest BCUT2D eigenvalue weighted by Gasteiger charge is -2.02. The number of rotatable bonds is 6. The van der Waals surface area contributed by atoms with Crippen molar-refractivity contribution in [3.05, 3.63) is 29.2 Å². The Labute approximate surface area is 125 Å². The van der Waals surface area contributed by atoms with Crippen molar-refractivity contribution in [1.82, 2.24) is 14.8 Å². The van der Waals surface area contributed by atoms with Crippen molar-refractivity contribution in [3.63, 3.8) is 0 Å². The molecular weight excluding hydrogens is 292 g/mol. The summed E-state index contributed by atoms with van der Waals surface area (Å²) in [6.45, 7) is 4.36. The standard InChI is InChI=1S/C13H16N4O3S/c1-3-20-13(19)12-9(2)6-11(21-12)16-10(18)4-5-17-8-14-7-15-17/h6-8H,3-5H2,1-2H3,(H,16,18). The van der Waals surface area contributed by atoms with Crippen LogP contribution in [-0.2, 0) is 16.1 Å². The average molecular weight is 308 g/mol. The molecule has 2 rings (SSSR count). The number of ether oxygens (including phenoxy) is 1. The SMILES string of the molecule is CCOC(=O)c1sc(NC(=O)CCn2cncn2)cc1C. The molecule has 0 aliphatic rings. The van der Waals surface area contributed by atoms with Gasteiger partial charge in [-0.15, -0.1) is 11.3 Å². The summed E-state index contributed by atoms with van der Waals surface area (Å²) in [7, 11) is 0. The maximum Gasteiger partial charge on any atom is 0.348 e. The summed E-state index contributed by atoms with van der Waals surface area (Å²) in [6, 6.07) is 1.77. The molecule has 0 saturated carbocycles. The minimum atomic E-state index is -0.358. The van der Waals surface area contributed by atoms with Gasteiger partial charge in [-0.1, -0.05) is 0 Å². The number of carbonyl (C=O) groups excluding carboxylic acids is 2. The van der Waals surface area contributed by atoms with Crippen molar-refractivity contribution < 1.29 is 14.3 Å². The molecule has 2 aromatic heterocycles. The van der Waals surface area contributed by atoms with Gasteiger partial charge >= 0.3 is 5.97 Å². The Balaban J connectivity index is 1.92. The van der Waals surface area contributed by atoms with Crippen molar-refractivity contribution >= 4 is 28.2 Å². The summed E-state index contributed by atoms with van der Waals surface area (Å²) >= 11 is 1.22.